The minimum absolute atomic E-state index is 0.00494. The summed E-state index contributed by atoms with van der Waals surface area (Å²) in [5.41, 5.74) is -1.61. The molecule has 2 unspecified atom stereocenters. The van der Waals surface area contributed by atoms with Gasteiger partial charge in [-0.3, -0.25) is 4.79 Å². The highest BCUT2D eigenvalue weighted by molar-refractivity contribution is 6.34. The number of alkyl halides is 2. The third-order valence-electron chi connectivity index (χ3n) is 6.43. The molecule has 4 heteroatoms. The van der Waals surface area contributed by atoms with Crippen LogP contribution >= 0.6 is 11.6 Å². The molecule has 130 valence electrons. The molecule has 0 aliphatic heterocycles. The van der Waals surface area contributed by atoms with Crippen LogP contribution in [0, 0.1) is 18.3 Å². The van der Waals surface area contributed by atoms with Crippen molar-refractivity contribution in [3.63, 3.8) is 0 Å². The topological polar surface area (TPSA) is 17.1 Å². The zero-order valence-electron chi connectivity index (χ0n) is 14.0. The number of ketones is 1. The lowest BCUT2D eigenvalue weighted by atomic mass is 9.46. The van der Waals surface area contributed by atoms with Gasteiger partial charge in [0.15, 0.2) is 5.78 Å². The molecule has 1 aromatic rings. The van der Waals surface area contributed by atoms with Crippen LogP contribution in [-0.2, 0) is 0 Å². The van der Waals surface area contributed by atoms with Crippen LogP contribution in [0.4, 0.5) is 8.78 Å². The standard InChI is InChI=1S/C20H23ClF2O/c1-13-3-2-4-15(21)17(13)16(24)5-6-18-7-14-8-19(22,10-18)12-20(23,9-14)11-18/h2-4,14H,5-12H2,1H3. The number of benzene rings is 1. The van der Waals surface area contributed by atoms with Gasteiger partial charge in [-0.25, -0.2) is 8.78 Å². The summed E-state index contributed by atoms with van der Waals surface area (Å²) in [4.78, 5) is 12.7. The Bertz CT molecular complexity index is 663. The van der Waals surface area contributed by atoms with Gasteiger partial charge < -0.3 is 0 Å². The summed E-state index contributed by atoms with van der Waals surface area (Å²) >= 11 is 6.18. The van der Waals surface area contributed by atoms with E-state index in [9.17, 15) is 4.79 Å². The van der Waals surface area contributed by atoms with E-state index in [4.69, 9.17) is 11.6 Å². The first kappa shape index (κ1) is 16.5. The van der Waals surface area contributed by atoms with Crippen molar-refractivity contribution in [1.29, 1.82) is 0 Å². The van der Waals surface area contributed by atoms with E-state index in [0.29, 0.717) is 49.1 Å². The molecule has 4 fully saturated rings. The summed E-state index contributed by atoms with van der Waals surface area (Å²) in [7, 11) is 0. The molecule has 2 atom stereocenters. The molecule has 0 amide bonds. The third-order valence-corrected chi connectivity index (χ3v) is 6.75. The molecule has 0 aromatic heterocycles. The normalized spacial score (nSPS) is 40.1. The molecular weight excluding hydrogens is 330 g/mol. The van der Waals surface area contributed by atoms with Crippen molar-refractivity contribution in [3.8, 4) is 0 Å². The monoisotopic (exact) mass is 352 g/mol. The van der Waals surface area contributed by atoms with Gasteiger partial charge in [0.2, 0.25) is 0 Å². The van der Waals surface area contributed by atoms with Gasteiger partial charge in [-0.05, 0) is 68.4 Å². The van der Waals surface area contributed by atoms with E-state index >= 15 is 8.78 Å². The van der Waals surface area contributed by atoms with Crippen LogP contribution in [0.15, 0.2) is 18.2 Å². The number of Topliss-reactive ketones (excluding diaryl/α,β-unsaturated/α-hetero) is 1. The number of halogens is 3. The average molecular weight is 353 g/mol. The minimum Gasteiger partial charge on any atom is -0.294 e. The van der Waals surface area contributed by atoms with Gasteiger partial charge in [0.05, 0.1) is 5.02 Å². The lowest BCUT2D eigenvalue weighted by molar-refractivity contribution is -0.176. The Kier molecular flexibility index (Phi) is 3.62. The van der Waals surface area contributed by atoms with E-state index in [0.717, 1.165) is 12.0 Å². The van der Waals surface area contributed by atoms with E-state index < -0.39 is 11.3 Å². The Balaban J connectivity index is 1.53. The van der Waals surface area contributed by atoms with Crippen molar-refractivity contribution in [2.75, 3.05) is 0 Å². The van der Waals surface area contributed by atoms with Gasteiger partial charge in [0.1, 0.15) is 11.3 Å². The van der Waals surface area contributed by atoms with Crippen molar-refractivity contribution in [2.45, 2.75) is 69.6 Å². The predicted octanol–water partition coefficient (Wildman–Crippen LogP) is 6.01. The first-order valence-electron chi connectivity index (χ1n) is 8.88. The SMILES string of the molecule is Cc1cccc(Cl)c1C(=O)CCC12CC3CC(F)(CC(F)(C3)C1)C2. The second-order valence-corrected chi connectivity index (χ2v) is 9.07. The van der Waals surface area contributed by atoms with E-state index in [1.165, 1.54) is 0 Å². The van der Waals surface area contributed by atoms with Crippen molar-refractivity contribution >= 4 is 17.4 Å². The maximum Gasteiger partial charge on any atom is 0.164 e. The van der Waals surface area contributed by atoms with Gasteiger partial charge in [-0.1, -0.05) is 23.7 Å². The van der Waals surface area contributed by atoms with Crippen molar-refractivity contribution < 1.29 is 13.6 Å². The Hall–Kier alpha value is -0.960. The van der Waals surface area contributed by atoms with Crippen molar-refractivity contribution in [2.24, 2.45) is 11.3 Å². The zero-order chi connectivity index (χ0) is 17.2. The number of aryl methyl sites for hydroxylation is 1. The van der Waals surface area contributed by atoms with Gasteiger partial charge in [0.25, 0.3) is 0 Å². The van der Waals surface area contributed by atoms with E-state index in [1.807, 2.05) is 19.1 Å². The van der Waals surface area contributed by atoms with E-state index in [1.54, 1.807) is 6.07 Å². The number of rotatable bonds is 4. The summed E-state index contributed by atoms with van der Waals surface area (Å²) in [5.74, 6) is 0.142. The first-order chi connectivity index (χ1) is 11.2. The second-order valence-electron chi connectivity index (χ2n) is 8.67. The zero-order valence-corrected chi connectivity index (χ0v) is 14.8. The Labute approximate surface area is 146 Å². The van der Waals surface area contributed by atoms with Crippen LogP contribution in [0.5, 0.6) is 0 Å². The molecule has 4 aliphatic rings. The highest BCUT2D eigenvalue weighted by Crippen LogP contribution is 2.66. The largest absolute Gasteiger partial charge is 0.294 e. The molecule has 0 N–H and O–H groups in total. The highest BCUT2D eigenvalue weighted by atomic mass is 35.5. The Morgan fingerprint density at radius 1 is 1.17 bits per heavy atom. The molecule has 5 rings (SSSR count). The first-order valence-corrected chi connectivity index (χ1v) is 9.26. The van der Waals surface area contributed by atoms with Gasteiger partial charge >= 0.3 is 0 Å². The maximum absolute atomic E-state index is 15.0. The lowest BCUT2D eigenvalue weighted by Gasteiger charge is -2.61. The van der Waals surface area contributed by atoms with Crippen LogP contribution < -0.4 is 0 Å². The molecular formula is C20H23ClF2O. The molecule has 0 heterocycles. The molecule has 4 bridgehead atoms. The molecule has 4 aliphatic carbocycles. The Morgan fingerprint density at radius 2 is 1.83 bits per heavy atom. The van der Waals surface area contributed by atoms with E-state index in [-0.39, 0.29) is 23.5 Å². The molecule has 1 aromatic carbocycles. The van der Waals surface area contributed by atoms with Gasteiger partial charge in [0, 0.05) is 18.4 Å². The summed E-state index contributed by atoms with van der Waals surface area (Å²) in [6, 6.07) is 5.42. The van der Waals surface area contributed by atoms with Crippen LogP contribution in [0.2, 0.25) is 5.02 Å². The van der Waals surface area contributed by atoms with Crippen LogP contribution in [0.25, 0.3) is 0 Å². The summed E-state index contributed by atoms with van der Waals surface area (Å²) < 4.78 is 30.0. The van der Waals surface area contributed by atoms with Crippen LogP contribution in [-0.4, -0.2) is 17.1 Å². The molecule has 1 nitrogen and oxygen atoms in total. The third kappa shape index (κ3) is 2.69. The molecule has 24 heavy (non-hydrogen) atoms. The Morgan fingerprint density at radius 3 is 2.42 bits per heavy atom. The minimum atomic E-state index is -1.35. The van der Waals surface area contributed by atoms with Crippen LogP contribution in [0.1, 0.15) is 67.3 Å². The predicted molar refractivity (Wildman–Crippen MR) is 91.1 cm³/mol. The maximum atomic E-state index is 15.0. The average Bonchev–Trinajstić information content (AvgIpc) is 2.41. The summed E-state index contributed by atoms with van der Waals surface area (Å²) in [6.07, 6.45) is 3.71. The molecule has 0 spiro atoms. The van der Waals surface area contributed by atoms with Crippen molar-refractivity contribution in [3.05, 3.63) is 34.3 Å². The summed E-state index contributed by atoms with van der Waals surface area (Å²) in [6.45, 7) is 1.87. The van der Waals surface area contributed by atoms with Gasteiger partial charge in [-0.2, -0.15) is 0 Å². The van der Waals surface area contributed by atoms with Crippen molar-refractivity contribution in [1.82, 2.24) is 0 Å². The molecule has 0 radical (unpaired) electrons. The smallest absolute Gasteiger partial charge is 0.164 e. The quantitative estimate of drug-likeness (QED) is 0.606. The fraction of sp³-hybridized carbons (Fsp3) is 0.650. The fourth-order valence-electron chi connectivity index (χ4n) is 6.16. The fourth-order valence-corrected chi connectivity index (χ4v) is 6.49. The van der Waals surface area contributed by atoms with E-state index in [2.05, 4.69) is 0 Å². The number of carbonyl (C=O) groups excluding carboxylic acids is 1. The second kappa shape index (κ2) is 5.27. The molecule has 0 saturated heterocycles. The number of hydrogen-bond donors (Lipinski definition) is 0. The lowest BCUT2D eigenvalue weighted by Crippen LogP contribution is -2.59. The number of hydrogen-bond acceptors (Lipinski definition) is 1. The van der Waals surface area contributed by atoms with Crippen LogP contribution in [0.3, 0.4) is 0 Å². The molecule has 4 saturated carbocycles. The van der Waals surface area contributed by atoms with Gasteiger partial charge in [-0.15, -0.1) is 0 Å². The number of carbonyl (C=O) groups is 1. The summed E-state index contributed by atoms with van der Waals surface area (Å²) in [5, 5.41) is 0.467. The highest BCUT2D eigenvalue weighted by Gasteiger charge is 2.64.